The second-order valence-electron chi connectivity index (χ2n) is 7.50. The third-order valence-electron chi connectivity index (χ3n) is 5.00. The minimum Gasteiger partial charge on any atom is -0.364 e. The zero-order valence-electron chi connectivity index (χ0n) is 17.5. The van der Waals surface area contributed by atoms with Gasteiger partial charge in [-0.15, -0.1) is 10.2 Å². The number of amides is 1. The van der Waals surface area contributed by atoms with E-state index in [1.807, 2.05) is 42.7 Å². The van der Waals surface area contributed by atoms with Crippen LogP contribution in [0, 0.1) is 0 Å². The highest BCUT2D eigenvalue weighted by Gasteiger charge is 2.18. The van der Waals surface area contributed by atoms with E-state index in [1.165, 1.54) is 0 Å². The highest BCUT2D eigenvalue weighted by atomic mass is 32.2. The third kappa shape index (κ3) is 4.23. The molecule has 4 aromatic rings. The molecule has 0 aliphatic heterocycles. The first-order chi connectivity index (χ1) is 15.3. The molecule has 1 unspecified atom stereocenters. The van der Waals surface area contributed by atoms with Crippen LogP contribution in [-0.4, -0.2) is 39.0 Å². The summed E-state index contributed by atoms with van der Waals surface area (Å²) in [6, 6.07) is 16.3. The number of benzene rings is 1. The van der Waals surface area contributed by atoms with Crippen molar-refractivity contribution in [3.8, 4) is 28.6 Å². The first kappa shape index (κ1) is 21.6. The number of nitrogens with two attached hydrogens (primary N) is 1. The number of primary amides is 1. The van der Waals surface area contributed by atoms with Gasteiger partial charge in [-0.3, -0.25) is 9.36 Å². The second kappa shape index (κ2) is 8.85. The summed E-state index contributed by atoms with van der Waals surface area (Å²) in [4.78, 5) is 16.9. The SMILES string of the molecule is CC(C)n1cnnc1-c1cccc(-n2c(C(N)=O)ccc2-c2ccc(CS(=O)O)cc2)n1. The van der Waals surface area contributed by atoms with E-state index >= 15 is 0 Å². The average molecular weight is 451 g/mol. The zero-order valence-corrected chi connectivity index (χ0v) is 18.4. The van der Waals surface area contributed by atoms with E-state index in [9.17, 15) is 9.00 Å². The minimum atomic E-state index is -1.92. The molecule has 0 aliphatic rings. The zero-order chi connectivity index (χ0) is 22.8. The second-order valence-corrected chi connectivity index (χ2v) is 8.43. The summed E-state index contributed by atoms with van der Waals surface area (Å²) in [6.07, 6.45) is 1.66. The van der Waals surface area contributed by atoms with Gasteiger partial charge in [0.1, 0.15) is 23.5 Å². The lowest BCUT2D eigenvalue weighted by Gasteiger charge is -2.14. The van der Waals surface area contributed by atoms with Crippen LogP contribution in [0.4, 0.5) is 0 Å². The number of hydrogen-bond acceptors (Lipinski definition) is 5. The molecule has 1 aromatic carbocycles. The molecule has 4 rings (SSSR count). The van der Waals surface area contributed by atoms with Crippen LogP contribution in [0.1, 0.15) is 35.9 Å². The molecule has 0 saturated heterocycles. The summed E-state index contributed by atoms with van der Waals surface area (Å²) in [5, 5.41) is 8.21. The molecule has 0 bridgehead atoms. The minimum absolute atomic E-state index is 0.0496. The third-order valence-corrected chi connectivity index (χ3v) is 5.58. The van der Waals surface area contributed by atoms with Crippen molar-refractivity contribution in [1.82, 2.24) is 24.3 Å². The standard InChI is InChI=1S/C22H22N6O3S/c1-14(2)27-13-24-26-22(27)17-4-3-5-20(25-17)28-18(10-11-19(28)21(23)29)16-8-6-15(7-9-16)12-32(30)31/h3-11,13-14H,12H2,1-2H3,(H2,23,29)(H,30,31). The van der Waals surface area contributed by atoms with E-state index < -0.39 is 17.0 Å². The molecule has 32 heavy (non-hydrogen) atoms. The summed E-state index contributed by atoms with van der Waals surface area (Å²) >= 11 is -1.92. The molecule has 1 atom stereocenters. The Bertz CT molecular complexity index is 1290. The van der Waals surface area contributed by atoms with Gasteiger partial charge >= 0.3 is 0 Å². The van der Waals surface area contributed by atoms with Crippen LogP contribution in [0.25, 0.3) is 28.6 Å². The monoisotopic (exact) mass is 450 g/mol. The number of nitrogens with zero attached hydrogens (tertiary/aromatic N) is 5. The molecular formula is C22H22N6O3S. The van der Waals surface area contributed by atoms with Gasteiger partial charge in [-0.1, -0.05) is 30.3 Å². The summed E-state index contributed by atoms with van der Waals surface area (Å²) in [6.45, 7) is 4.06. The quantitative estimate of drug-likeness (QED) is 0.416. The Morgan fingerprint density at radius 1 is 1.12 bits per heavy atom. The number of carbonyl (C=O) groups excluding carboxylic acids is 1. The summed E-state index contributed by atoms with van der Waals surface area (Å²) in [5.74, 6) is 0.599. The normalized spacial score (nSPS) is 12.2. The van der Waals surface area contributed by atoms with Crippen molar-refractivity contribution in [3.63, 3.8) is 0 Å². The number of rotatable bonds is 7. The molecule has 1 amide bonds. The van der Waals surface area contributed by atoms with Gasteiger partial charge in [0.25, 0.3) is 5.91 Å². The fourth-order valence-electron chi connectivity index (χ4n) is 3.49. The van der Waals surface area contributed by atoms with E-state index in [2.05, 4.69) is 10.2 Å². The van der Waals surface area contributed by atoms with E-state index in [-0.39, 0.29) is 17.5 Å². The van der Waals surface area contributed by atoms with E-state index in [4.69, 9.17) is 15.3 Å². The number of pyridine rings is 1. The lowest BCUT2D eigenvalue weighted by Crippen LogP contribution is -2.17. The van der Waals surface area contributed by atoms with Gasteiger partial charge in [-0.2, -0.15) is 0 Å². The maximum atomic E-state index is 12.2. The topological polar surface area (TPSA) is 129 Å². The van der Waals surface area contributed by atoms with Crippen molar-refractivity contribution in [2.45, 2.75) is 25.6 Å². The van der Waals surface area contributed by atoms with Crippen LogP contribution in [0.3, 0.4) is 0 Å². The van der Waals surface area contributed by atoms with Crippen molar-refractivity contribution < 1.29 is 13.6 Å². The van der Waals surface area contributed by atoms with Crippen LogP contribution < -0.4 is 5.73 Å². The van der Waals surface area contributed by atoms with Crippen molar-refractivity contribution in [2.75, 3.05) is 0 Å². The Kier molecular flexibility index (Phi) is 5.97. The molecule has 0 radical (unpaired) electrons. The molecule has 3 N–H and O–H groups in total. The van der Waals surface area contributed by atoms with E-state index in [1.54, 1.807) is 41.2 Å². The molecule has 9 nitrogen and oxygen atoms in total. The van der Waals surface area contributed by atoms with E-state index in [0.717, 1.165) is 11.1 Å². The molecule has 0 saturated carbocycles. The Morgan fingerprint density at radius 2 is 1.88 bits per heavy atom. The van der Waals surface area contributed by atoms with Gasteiger partial charge in [0.15, 0.2) is 16.9 Å². The first-order valence-corrected chi connectivity index (χ1v) is 11.2. The van der Waals surface area contributed by atoms with Crippen LogP contribution in [0.5, 0.6) is 0 Å². The lowest BCUT2D eigenvalue weighted by molar-refractivity contribution is 0.0994. The molecule has 0 aliphatic carbocycles. The van der Waals surface area contributed by atoms with Gasteiger partial charge in [0.05, 0.1) is 11.4 Å². The lowest BCUT2D eigenvalue weighted by atomic mass is 10.1. The maximum absolute atomic E-state index is 12.2. The molecule has 0 spiro atoms. The van der Waals surface area contributed by atoms with E-state index in [0.29, 0.717) is 23.0 Å². The smallest absolute Gasteiger partial charge is 0.265 e. The molecule has 3 heterocycles. The van der Waals surface area contributed by atoms with Crippen molar-refractivity contribution in [2.24, 2.45) is 5.73 Å². The van der Waals surface area contributed by atoms with Crippen molar-refractivity contribution in [1.29, 1.82) is 0 Å². The Balaban J connectivity index is 1.82. The van der Waals surface area contributed by atoms with Crippen LogP contribution >= 0.6 is 0 Å². The highest BCUT2D eigenvalue weighted by Crippen LogP contribution is 2.28. The first-order valence-electron chi connectivity index (χ1n) is 9.90. The van der Waals surface area contributed by atoms with Crippen LogP contribution in [0.2, 0.25) is 0 Å². The van der Waals surface area contributed by atoms with Gasteiger partial charge in [0, 0.05) is 6.04 Å². The van der Waals surface area contributed by atoms with Crippen LogP contribution in [-0.2, 0) is 16.8 Å². The maximum Gasteiger partial charge on any atom is 0.265 e. The largest absolute Gasteiger partial charge is 0.364 e. The fraction of sp³-hybridized carbons (Fsp3) is 0.182. The summed E-state index contributed by atoms with van der Waals surface area (Å²) in [5.41, 5.74) is 8.80. The molecule has 10 heteroatoms. The Labute approximate surface area is 187 Å². The number of carbonyl (C=O) groups is 1. The van der Waals surface area contributed by atoms with Gasteiger partial charge in [-0.05, 0) is 49.2 Å². The summed E-state index contributed by atoms with van der Waals surface area (Å²) < 4.78 is 23.8. The molecular weight excluding hydrogens is 428 g/mol. The molecule has 0 fully saturated rings. The van der Waals surface area contributed by atoms with Crippen molar-refractivity contribution in [3.05, 3.63) is 72.2 Å². The van der Waals surface area contributed by atoms with Gasteiger partial charge in [0.2, 0.25) is 0 Å². The van der Waals surface area contributed by atoms with Crippen LogP contribution in [0.15, 0.2) is 60.9 Å². The van der Waals surface area contributed by atoms with Gasteiger partial charge in [-0.25, -0.2) is 9.19 Å². The Hall–Kier alpha value is -3.63. The predicted octanol–water partition coefficient (Wildman–Crippen LogP) is 3.20. The Morgan fingerprint density at radius 3 is 2.53 bits per heavy atom. The number of aromatic nitrogens is 5. The van der Waals surface area contributed by atoms with Crippen molar-refractivity contribution >= 4 is 17.0 Å². The number of hydrogen-bond donors (Lipinski definition) is 2. The fourth-order valence-corrected chi connectivity index (χ4v) is 3.97. The molecule has 164 valence electrons. The average Bonchev–Trinajstić information content (AvgIpc) is 3.42. The highest BCUT2D eigenvalue weighted by molar-refractivity contribution is 7.78. The summed E-state index contributed by atoms with van der Waals surface area (Å²) in [7, 11) is 0. The molecule has 3 aromatic heterocycles. The predicted molar refractivity (Wildman–Crippen MR) is 121 cm³/mol. The van der Waals surface area contributed by atoms with Gasteiger partial charge < -0.3 is 14.9 Å².